The minimum atomic E-state index is -0.0447. The molecule has 1 amide bonds. The number of carbonyl (C=O) groups is 1. The van der Waals surface area contributed by atoms with Gasteiger partial charge in [-0.15, -0.1) is 0 Å². The van der Waals surface area contributed by atoms with Gasteiger partial charge in [0, 0.05) is 30.9 Å². The number of fused-ring (bicyclic) bond motifs is 2. The minimum Gasteiger partial charge on any atom is -0.332 e. The molecule has 1 aliphatic rings. The normalized spacial score (nSPS) is 14.5. The molecule has 0 fully saturated rings. The molecule has 2 aromatic heterocycles. The molecule has 0 radical (unpaired) electrons. The Balaban J connectivity index is 1.68. The molecule has 3 aromatic rings. The van der Waals surface area contributed by atoms with Crippen LogP contribution in [0.3, 0.4) is 0 Å². The second-order valence-electron chi connectivity index (χ2n) is 4.88. The molecule has 0 unspecified atom stereocenters. The molecule has 1 N–H and O–H groups in total. The lowest BCUT2D eigenvalue weighted by atomic mass is 10.2. The Kier molecular flexibility index (Phi) is 2.35. The summed E-state index contributed by atoms with van der Waals surface area (Å²) in [6, 6.07) is 7.67. The van der Waals surface area contributed by atoms with Gasteiger partial charge in [0.1, 0.15) is 5.82 Å². The molecule has 100 valence electrons. The van der Waals surface area contributed by atoms with Gasteiger partial charge in [0.25, 0.3) is 5.91 Å². The third kappa shape index (κ3) is 1.61. The molecular formula is C14H13N5O. The third-order valence-electron chi connectivity index (χ3n) is 3.70. The largest absolute Gasteiger partial charge is 0.332 e. The second-order valence-corrected chi connectivity index (χ2v) is 4.88. The zero-order valence-corrected chi connectivity index (χ0v) is 10.8. The molecule has 1 aromatic carbocycles. The first-order valence-corrected chi connectivity index (χ1v) is 6.55. The van der Waals surface area contributed by atoms with E-state index in [9.17, 15) is 4.79 Å². The lowest BCUT2D eigenvalue weighted by Gasteiger charge is -2.27. The number of aromatic amines is 1. The lowest BCUT2D eigenvalue weighted by Crippen LogP contribution is -2.38. The topological polar surface area (TPSA) is 66.8 Å². The Morgan fingerprint density at radius 3 is 3.10 bits per heavy atom. The number of hydrogen-bond acceptors (Lipinski definition) is 3. The number of para-hydroxylation sites is 1. The molecule has 0 atom stereocenters. The first-order valence-electron chi connectivity index (χ1n) is 6.55. The number of amides is 1. The fourth-order valence-electron chi connectivity index (χ4n) is 2.62. The highest BCUT2D eigenvalue weighted by Crippen LogP contribution is 2.19. The molecule has 6 heteroatoms. The maximum atomic E-state index is 12.6. The molecule has 0 spiro atoms. The Hall–Kier alpha value is -2.63. The van der Waals surface area contributed by atoms with Crippen molar-refractivity contribution in [3.8, 4) is 0 Å². The highest BCUT2D eigenvalue weighted by atomic mass is 16.2. The van der Waals surface area contributed by atoms with Crippen molar-refractivity contribution >= 4 is 16.8 Å². The van der Waals surface area contributed by atoms with Crippen LogP contribution in [-0.4, -0.2) is 37.1 Å². The van der Waals surface area contributed by atoms with Crippen LogP contribution in [0.4, 0.5) is 0 Å². The molecule has 0 bridgehead atoms. The summed E-state index contributed by atoms with van der Waals surface area (Å²) in [4.78, 5) is 18.7. The van der Waals surface area contributed by atoms with E-state index in [0.717, 1.165) is 23.3 Å². The summed E-state index contributed by atoms with van der Waals surface area (Å²) in [5.74, 6) is 0.876. The van der Waals surface area contributed by atoms with E-state index in [1.807, 2.05) is 30.5 Å². The van der Waals surface area contributed by atoms with Crippen molar-refractivity contribution in [2.45, 2.75) is 13.1 Å². The van der Waals surface area contributed by atoms with Crippen LogP contribution in [-0.2, 0) is 13.1 Å². The summed E-state index contributed by atoms with van der Waals surface area (Å²) in [5.41, 5.74) is 1.37. The minimum absolute atomic E-state index is 0.0447. The van der Waals surface area contributed by atoms with Gasteiger partial charge in [0.15, 0.2) is 5.69 Å². The molecule has 0 aliphatic carbocycles. The molecule has 1 aliphatic heterocycles. The zero-order chi connectivity index (χ0) is 13.5. The Labute approximate surface area is 115 Å². The van der Waals surface area contributed by atoms with Crippen LogP contribution in [0.5, 0.6) is 0 Å². The number of nitrogens with one attached hydrogen (secondary N) is 1. The average Bonchev–Trinajstić information content (AvgIpc) is 3.12. The molecule has 6 nitrogen and oxygen atoms in total. The smallest absolute Gasteiger partial charge is 0.275 e. The van der Waals surface area contributed by atoms with Crippen molar-refractivity contribution in [3.63, 3.8) is 0 Å². The van der Waals surface area contributed by atoms with Gasteiger partial charge in [-0.25, -0.2) is 4.98 Å². The van der Waals surface area contributed by atoms with Crippen molar-refractivity contribution in [1.82, 2.24) is 24.6 Å². The van der Waals surface area contributed by atoms with Crippen molar-refractivity contribution < 1.29 is 4.79 Å². The van der Waals surface area contributed by atoms with Crippen LogP contribution in [0.1, 0.15) is 16.3 Å². The van der Waals surface area contributed by atoms with Gasteiger partial charge in [-0.2, -0.15) is 5.10 Å². The Morgan fingerprint density at radius 2 is 2.15 bits per heavy atom. The van der Waals surface area contributed by atoms with E-state index < -0.39 is 0 Å². The summed E-state index contributed by atoms with van der Waals surface area (Å²) in [6.07, 6.45) is 3.72. The zero-order valence-electron chi connectivity index (χ0n) is 10.8. The standard InChI is InChI=1S/C14H13N5O/c20-14(13-10-3-1-2-4-11(10)16-17-13)19-8-7-18-6-5-15-12(18)9-19/h1-6H,7-9H2,(H,16,17). The van der Waals surface area contributed by atoms with E-state index in [0.29, 0.717) is 18.8 Å². The Morgan fingerprint density at radius 1 is 1.25 bits per heavy atom. The highest BCUT2D eigenvalue weighted by molar-refractivity contribution is 6.04. The monoisotopic (exact) mass is 267 g/mol. The number of rotatable bonds is 1. The number of H-pyrrole nitrogens is 1. The van der Waals surface area contributed by atoms with Crippen LogP contribution < -0.4 is 0 Å². The van der Waals surface area contributed by atoms with E-state index in [2.05, 4.69) is 19.7 Å². The van der Waals surface area contributed by atoms with Gasteiger partial charge in [0.2, 0.25) is 0 Å². The highest BCUT2D eigenvalue weighted by Gasteiger charge is 2.25. The van der Waals surface area contributed by atoms with E-state index in [1.165, 1.54) is 0 Å². The number of imidazole rings is 1. The molecule has 4 rings (SSSR count). The first kappa shape index (κ1) is 11.2. The molecule has 0 saturated carbocycles. The first-order chi connectivity index (χ1) is 9.83. The summed E-state index contributed by atoms with van der Waals surface area (Å²) in [5, 5.41) is 7.94. The van der Waals surface area contributed by atoms with Crippen molar-refractivity contribution in [2.75, 3.05) is 6.54 Å². The molecule has 0 saturated heterocycles. The number of benzene rings is 1. The van der Waals surface area contributed by atoms with E-state index in [4.69, 9.17) is 0 Å². The van der Waals surface area contributed by atoms with E-state index in [-0.39, 0.29) is 5.91 Å². The van der Waals surface area contributed by atoms with Crippen LogP contribution in [0.15, 0.2) is 36.7 Å². The van der Waals surface area contributed by atoms with Gasteiger partial charge in [0.05, 0.1) is 12.1 Å². The molecular weight excluding hydrogens is 254 g/mol. The maximum Gasteiger partial charge on any atom is 0.275 e. The van der Waals surface area contributed by atoms with Gasteiger partial charge in [-0.05, 0) is 6.07 Å². The van der Waals surface area contributed by atoms with Gasteiger partial charge in [-0.1, -0.05) is 18.2 Å². The fraction of sp³-hybridized carbons (Fsp3) is 0.214. The summed E-state index contributed by atoms with van der Waals surface area (Å²) >= 11 is 0. The SMILES string of the molecule is O=C(c1n[nH]c2ccccc12)N1CCn2ccnc2C1. The number of carbonyl (C=O) groups excluding carboxylic acids is 1. The van der Waals surface area contributed by atoms with Crippen molar-refractivity contribution in [3.05, 3.63) is 48.2 Å². The van der Waals surface area contributed by atoms with Crippen molar-refractivity contribution in [1.29, 1.82) is 0 Å². The van der Waals surface area contributed by atoms with Crippen LogP contribution in [0.25, 0.3) is 10.9 Å². The predicted octanol–water partition coefficient (Wildman–Crippen LogP) is 1.42. The second kappa shape index (κ2) is 4.19. The average molecular weight is 267 g/mol. The van der Waals surface area contributed by atoms with Gasteiger partial charge >= 0.3 is 0 Å². The summed E-state index contributed by atoms with van der Waals surface area (Å²) in [6.45, 7) is 2.00. The summed E-state index contributed by atoms with van der Waals surface area (Å²) < 4.78 is 2.08. The van der Waals surface area contributed by atoms with Gasteiger partial charge in [-0.3, -0.25) is 9.89 Å². The lowest BCUT2D eigenvalue weighted by molar-refractivity contribution is 0.0703. The fourth-order valence-corrected chi connectivity index (χ4v) is 2.62. The van der Waals surface area contributed by atoms with Crippen LogP contribution in [0, 0.1) is 0 Å². The number of aromatic nitrogens is 4. The number of nitrogens with zero attached hydrogens (tertiary/aromatic N) is 4. The van der Waals surface area contributed by atoms with Crippen LogP contribution >= 0.6 is 0 Å². The van der Waals surface area contributed by atoms with Crippen LogP contribution in [0.2, 0.25) is 0 Å². The molecule has 3 heterocycles. The number of hydrogen-bond donors (Lipinski definition) is 1. The summed E-state index contributed by atoms with van der Waals surface area (Å²) in [7, 11) is 0. The van der Waals surface area contributed by atoms with E-state index >= 15 is 0 Å². The maximum absolute atomic E-state index is 12.6. The van der Waals surface area contributed by atoms with Gasteiger partial charge < -0.3 is 9.47 Å². The quantitative estimate of drug-likeness (QED) is 0.725. The predicted molar refractivity (Wildman–Crippen MR) is 73.1 cm³/mol. The molecule has 20 heavy (non-hydrogen) atoms. The Bertz CT molecular complexity index is 788. The third-order valence-corrected chi connectivity index (χ3v) is 3.70. The van der Waals surface area contributed by atoms with E-state index in [1.54, 1.807) is 11.1 Å². The van der Waals surface area contributed by atoms with Crippen molar-refractivity contribution in [2.24, 2.45) is 0 Å².